The number of thiazole rings is 1. The van der Waals surface area contributed by atoms with Gasteiger partial charge in [0.1, 0.15) is 5.01 Å². The Morgan fingerprint density at radius 3 is 2.79 bits per heavy atom. The predicted molar refractivity (Wildman–Crippen MR) is 109 cm³/mol. The highest BCUT2D eigenvalue weighted by Crippen LogP contribution is 2.41. The van der Waals surface area contributed by atoms with Gasteiger partial charge in [-0.2, -0.15) is 0 Å². The molecule has 2 heterocycles. The number of aliphatic carboxylic acids is 1. The van der Waals surface area contributed by atoms with E-state index in [2.05, 4.69) is 4.98 Å². The van der Waals surface area contributed by atoms with Crippen LogP contribution in [0.4, 0.5) is 10.1 Å². The van der Waals surface area contributed by atoms with Crippen molar-refractivity contribution in [2.75, 3.05) is 4.90 Å². The van der Waals surface area contributed by atoms with E-state index in [0.29, 0.717) is 15.2 Å². The molecule has 0 saturated carbocycles. The number of carbonyl (C=O) groups is 2. The SMILES string of the molecule is O=C(O)CC1Oc2c(F)cccc2N(Cc2nc3cc(Cl)c(Cl)c(Cl)c3s2)C1=O. The number of carbonyl (C=O) groups excluding carboxylic acids is 1. The average Bonchev–Trinajstić information content (AvgIpc) is 3.06. The molecular formula is C18H10Cl3FN2O4S. The summed E-state index contributed by atoms with van der Waals surface area (Å²) in [6.45, 7) is -0.0281. The summed E-state index contributed by atoms with van der Waals surface area (Å²) in [5.74, 6) is -2.71. The predicted octanol–water partition coefficient (Wildman–Crippen LogP) is 5.16. The fraction of sp³-hybridized carbons (Fsp3) is 0.167. The first-order valence-electron chi connectivity index (χ1n) is 8.17. The number of ether oxygens (including phenoxy) is 1. The zero-order valence-electron chi connectivity index (χ0n) is 14.3. The molecule has 1 N–H and O–H groups in total. The molecule has 4 rings (SSSR count). The summed E-state index contributed by atoms with van der Waals surface area (Å²) >= 11 is 19.6. The van der Waals surface area contributed by atoms with Gasteiger partial charge >= 0.3 is 5.97 Å². The summed E-state index contributed by atoms with van der Waals surface area (Å²) in [6, 6.07) is 5.69. The van der Waals surface area contributed by atoms with E-state index in [1.807, 2.05) is 0 Å². The van der Waals surface area contributed by atoms with Crippen LogP contribution < -0.4 is 9.64 Å². The summed E-state index contributed by atoms with van der Waals surface area (Å²) in [7, 11) is 0. The Kier molecular flexibility index (Phi) is 5.29. The smallest absolute Gasteiger partial charge is 0.307 e. The third kappa shape index (κ3) is 3.61. The van der Waals surface area contributed by atoms with Crippen LogP contribution in [0.15, 0.2) is 24.3 Å². The average molecular weight is 476 g/mol. The molecule has 0 fully saturated rings. The van der Waals surface area contributed by atoms with Gasteiger partial charge in [0.15, 0.2) is 17.7 Å². The number of aromatic nitrogens is 1. The van der Waals surface area contributed by atoms with E-state index in [4.69, 9.17) is 44.6 Å². The Morgan fingerprint density at radius 1 is 1.31 bits per heavy atom. The van der Waals surface area contributed by atoms with Gasteiger partial charge in [-0.05, 0) is 18.2 Å². The Morgan fingerprint density at radius 2 is 2.07 bits per heavy atom. The van der Waals surface area contributed by atoms with Crippen molar-refractivity contribution in [3.8, 4) is 5.75 Å². The monoisotopic (exact) mass is 474 g/mol. The number of rotatable bonds is 4. The maximum Gasteiger partial charge on any atom is 0.307 e. The molecule has 29 heavy (non-hydrogen) atoms. The van der Waals surface area contributed by atoms with E-state index >= 15 is 0 Å². The van der Waals surface area contributed by atoms with Crippen LogP contribution in [0, 0.1) is 5.82 Å². The maximum atomic E-state index is 14.3. The number of hydrogen-bond donors (Lipinski definition) is 1. The Bertz CT molecular complexity index is 1170. The van der Waals surface area contributed by atoms with Gasteiger partial charge < -0.3 is 9.84 Å². The molecule has 150 valence electrons. The highest BCUT2D eigenvalue weighted by atomic mass is 35.5. The standard InChI is InChI=1S/C18H10Cl3FN2O4S/c19-7-4-9-17(15(21)14(7)20)29-12(23-9)6-24-10-3-1-2-8(22)16(10)28-11(18(24)27)5-13(25)26/h1-4,11H,5-6H2,(H,25,26). The lowest BCUT2D eigenvalue weighted by atomic mass is 10.1. The first-order chi connectivity index (χ1) is 13.8. The van der Waals surface area contributed by atoms with Crippen LogP contribution in [0.3, 0.4) is 0 Å². The van der Waals surface area contributed by atoms with Gasteiger partial charge in [-0.15, -0.1) is 11.3 Å². The molecule has 0 radical (unpaired) electrons. The van der Waals surface area contributed by atoms with Gasteiger partial charge in [0.2, 0.25) is 0 Å². The third-order valence-electron chi connectivity index (χ3n) is 4.25. The number of benzene rings is 2. The lowest BCUT2D eigenvalue weighted by Gasteiger charge is -2.33. The summed E-state index contributed by atoms with van der Waals surface area (Å²) in [5.41, 5.74) is 0.699. The number of carboxylic acids is 1. The number of hydrogen-bond acceptors (Lipinski definition) is 5. The lowest BCUT2D eigenvalue weighted by molar-refractivity contribution is -0.142. The first-order valence-corrected chi connectivity index (χ1v) is 10.1. The minimum Gasteiger partial charge on any atom is -0.481 e. The second kappa shape index (κ2) is 7.60. The van der Waals surface area contributed by atoms with Crippen molar-refractivity contribution in [3.63, 3.8) is 0 Å². The second-order valence-corrected chi connectivity index (χ2v) is 8.41. The molecule has 6 nitrogen and oxygen atoms in total. The number of fused-ring (bicyclic) bond motifs is 2. The molecule has 0 bridgehead atoms. The molecule has 1 amide bonds. The molecule has 0 aliphatic carbocycles. The van der Waals surface area contributed by atoms with Crippen LogP contribution in [-0.2, 0) is 16.1 Å². The van der Waals surface area contributed by atoms with E-state index < -0.39 is 30.2 Å². The number of carboxylic acid groups (broad SMARTS) is 1. The van der Waals surface area contributed by atoms with Crippen molar-refractivity contribution in [2.45, 2.75) is 19.1 Å². The summed E-state index contributed by atoms with van der Waals surface area (Å²) in [5, 5.41) is 10.2. The van der Waals surface area contributed by atoms with Crippen molar-refractivity contribution < 1.29 is 23.8 Å². The maximum absolute atomic E-state index is 14.3. The van der Waals surface area contributed by atoms with E-state index in [9.17, 15) is 14.0 Å². The molecule has 2 aromatic carbocycles. The molecule has 0 spiro atoms. The molecule has 1 aromatic heterocycles. The van der Waals surface area contributed by atoms with Crippen molar-refractivity contribution in [3.05, 3.63) is 50.2 Å². The van der Waals surface area contributed by atoms with Crippen LogP contribution in [0.25, 0.3) is 10.2 Å². The number of halogens is 4. The van der Waals surface area contributed by atoms with Crippen LogP contribution in [0.1, 0.15) is 11.4 Å². The zero-order chi connectivity index (χ0) is 20.9. The van der Waals surface area contributed by atoms with Crippen LogP contribution in [0.2, 0.25) is 15.1 Å². The fourth-order valence-electron chi connectivity index (χ4n) is 2.99. The normalized spacial score (nSPS) is 16.1. The van der Waals surface area contributed by atoms with Gasteiger partial charge in [0.05, 0.1) is 43.9 Å². The molecular weight excluding hydrogens is 466 g/mol. The van der Waals surface area contributed by atoms with Gasteiger partial charge in [0, 0.05) is 0 Å². The van der Waals surface area contributed by atoms with Crippen LogP contribution in [0.5, 0.6) is 5.75 Å². The molecule has 1 atom stereocenters. The summed E-state index contributed by atoms with van der Waals surface area (Å²) in [4.78, 5) is 29.6. The first kappa shape index (κ1) is 20.2. The molecule has 0 saturated heterocycles. The molecule has 1 aliphatic heterocycles. The van der Waals surface area contributed by atoms with E-state index in [1.165, 1.54) is 34.4 Å². The van der Waals surface area contributed by atoms with Crippen molar-refractivity contribution in [2.24, 2.45) is 0 Å². The summed E-state index contributed by atoms with van der Waals surface area (Å²) < 4.78 is 20.2. The topological polar surface area (TPSA) is 79.7 Å². The minimum atomic E-state index is -1.35. The van der Waals surface area contributed by atoms with Crippen LogP contribution >= 0.6 is 46.1 Å². The van der Waals surface area contributed by atoms with Gasteiger partial charge in [0.25, 0.3) is 5.91 Å². The molecule has 1 unspecified atom stereocenters. The number of nitrogens with zero attached hydrogens (tertiary/aromatic N) is 2. The quantitative estimate of drug-likeness (QED) is 0.527. The van der Waals surface area contributed by atoms with Crippen LogP contribution in [-0.4, -0.2) is 28.1 Å². The van der Waals surface area contributed by atoms with Gasteiger partial charge in [-0.1, -0.05) is 40.9 Å². The molecule has 11 heteroatoms. The largest absolute Gasteiger partial charge is 0.481 e. The molecule has 1 aliphatic rings. The summed E-state index contributed by atoms with van der Waals surface area (Å²) in [6.07, 6.45) is -1.95. The Balaban J connectivity index is 1.76. The Labute approximate surface area is 182 Å². The number of para-hydroxylation sites is 1. The van der Waals surface area contributed by atoms with E-state index in [-0.39, 0.29) is 33.0 Å². The second-order valence-electron chi connectivity index (χ2n) is 6.16. The third-order valence-corrected chi connectivity index (χ3v) is 6.70. The lowest BCUT2D eigenvalue weighted by Crippen LogP contribution is -2.46. The van der Waals surface area contributed by atoms with Crippen molar-refractivity contribution in [1.29, 1.82) is 0 Å². The minimum absolute atomic E-state index is 0.0281. The van der Waals surface area contributed by atoms with Crippen molar-refractivity contribution >= 4 is 73.9 Å². The van der Waals surface area contributed by atoms with E-state index in [0.717, 1.165) is 0 Å². The van der Waals surface area contributed by atoms with Gasteiger partial charge in [-0.25, -0.2) is 9.37 Å². The fourth-order valence-corrected chi connectivity index (χ4v) is 4.73. The van der Waals surface area contributed by atoms with E-state index in [1.54, 1.807) is 6.07 Å². The highest BCUT2D eigenvalue weighted by Gasteiger charge is 2.37. The number of amides is 1. The zero-order valence-corrected chi connectivity index (χ0v) is 17.4. The molecule has 3 aromatic rings. The van der Waals surface area contributed by atoms with Gasteiger partial charge in [-0.3, -0.25) is 14.5 Å². The number of anilines is 1. The highest BCUT2D eigenvalue weighted by molar-refractivity contribution is 7.19. The van der Waals surface area contributed by atoms with Crippen molar-refractivity contribution in [1.82, 2.24) is 4.98 Å². The Hall–Kier alpha value is -2.13.